The molecule has 0 aliphatic carbocycles. The van der Waals surface area contributed by atoms with Crippen molar-refractivity contribution in [2.45, 2.75) is 26.7 Å². The highest BCUT2D eigenvalue weighted by Crippen LogP contribution is 2.13. The molecule has 1 aromatic carbocycles. The Morgan fingerprint density at radius 2 is 1.62 bits per heavy atom. The zero-order valence-corrected chi connectivity index (χ0v) is 12.1. The first-order valence-corrected chi connectivity index (χ1v) is 6.64. The average molecular weight is 294 g/mol. The summed E-state index contributed by atoms with van der Waals surface area (Å²) in [4.78, 5) is 33.3. The van der Waals surface area contributed by atoms with Crippen LogP contribution in [0.3, 0.4) is 0 Å². The van der Waals surface area contributed by atoms with Crippen LogP contribution >= 0.6 is 0 Å². The van der Waals surface area contributed by atoms with Crippen LogP contribution in [0.2, 0.25) is 0 Å². The molecule has 0 saturated heterocycles. The normalized spacial score (nSPS) is 9.81. The standard InChI is InChI=1S/C15H18O6/c1-3-14(17)19-9-4-10-20-15(18)12-5-7-13(8-6-12)21-11(2)16/h5-8H,3-4,9-10H2,1-2H3. The van der Waals surface area contributed by atoms with E-state index in [2.05, 4.69) is 0 Å². The number of rotatable bonds is 7. The average Bonchev–Trinajstić information content (AvgIpc) is 2.46. The van der Waals surface area contributed by atoms with Crippen molar-refractivity contribution in [1.82, 2.24) is 0 Å². The maximum absolute atomic E-state index is 11.7. The Morgan fingerprint density at radius 3 is 2.19 bits per heavy atom. The van der Waals surface area contributed by atoms with Gasteiger partial charge in [-0.1, -0.05) is 6.92 Å². The third-order valence-corrected chi connectivity index (χ3v) is 2.43. The fraction of sp³-hybridized carbons (Fsp3) is 0.400. The molecule has 1 rings (SSSR count). The molecule has 0 amide bonds. The highest BCUT2D eigenvalue weighted by Gasteiger charge is 2.08. The SMILES string of the molecule is CCC(=O)OCCCOC(=O)c1ccc(OC(C)=O)cc1. The minimum atomic E-state index is -0.480. The smallest absolute Gasteiger partial charge is 0.338 e. The molecular formula is C15H18O6. The van der Waals surface area contributed by atoms with Crippen molar-refractivity contribution < 1.29 is 28.6 Å². The molecule has 0 saturated carbocycles. The van der Waals surface area contributed by atoms with E-state index >= 15 is 0 Å². The number of carbonyl (C=O) groups is 3. The molecule has 114 valence electrons. The van der Waals surface area contributed by atoms with Gasteiger partial charge in [-0.05, 0) is 24.3 Å². The van der Waals surface area contributed by atoms with Crippen LogP contribution in [-0.2, 0) is 19.1 Å². The Labute approximate surface area is 123 Å². The maximum atomic E-state index is 11.7. The van der Waals surface area contributed by atoms with Crippen molar-refractivity contribution in [2.24, 2.45) is 0 Å². The van der Waals surface area contributed by atoms with Crippen LogP contribution in [0.4, 0.5) is 0 Å². The monoisotopic (exact) mass is 294 g/mol. The summed E-state index contributed by atoms with van der Waals surface area (Å²) in [6.45, 7) is 3.41. The van der Waals surface area contributed by atoms with Crippen LogP contribution in [0, 0.1) is 0 Å². The van der Waals surface area contributed by atoms with Gasteiger partial charge in [-0.15, -0.1) is 0 Å². The Morgan fingerprint density at radius 1 is 1.00 bits per heavy atom. The molecule has 0 aliphatic rings. The molecule has 6 nitrogen and oxygen atoms in total. The number of esters is 3. The summed E-state index contributed by atoms with van der Waals surface area (Å²) in [5.41, 5.74) is 0.358. The molecule has 0 atom stereocenters. The minimum absolute atomic E-state index is 0.168. The molecule has 0 N–H and O–H groups in total. The predicted octanol–water partition coefficient (Wildman–Crippen LogP) is 2.11. The van der Waals surface area contributed by atoms with Crippen molar-refractivity contribution in [3.05, 3.63) is 29.8 Å². The molecule has 0 radical (unpaired) electrons. The number of carbonyl (C=O) groups excluding carboxylic acids is 3. The van der Waals surface area contributed by atoms with E-state index in [0.29, 0.717) is 24.2 Å². The number of hydrogen-bond donors (Lipinski definition) is 0. The fourth-order valence-corrected chi connectivity index (χ4v) is 1.42. The Bertz CT molecular complexity index is 491. The van der Waals surface area contributed by atoms with Crippen LogP contribution in [0.5, 0.6) is 5.75 Å². The molecule has 0 unspecified atom stereocenters. The first-order valence-electron chi connectivity index (χ1n) is 6.64. The second kappa shape index (κ2) is 8.73. The van der Waals surface area contributed by atoms with Crippen molar-refractivity contribution in [3.63, 3.8) is 0 Å². The lowest BCUT2D eigenvalue weighted by Gasteiger charge is -2.06. The first-order chi connectivity index (χ1) is 10.0. The van der Waals surface area contributed by atoms with E-state index in [9.17, 15) is 14.4 Å². The highest BCUT2D eigenvalue weighted by atomic mass is 16.5. The lowest BCUT2D eigenvalue weighted by molar-refractivity contribution is -0.143. The Balaban J connectivity index is 2.32. The summed E-state index contributed by atoms with van der Waals surface area (Å²) >= 11 is 0. The van der Waals surface area contributed by atoms with Crippen molar-refractivity contribution in [3.8, 4) is 5.75 Å². The second-order valence-corrected chi connectivity index (χ2v) is 4.18. The van der Waals surface area contributed by atoms with Crippen molar-refractivity contribution in [2.75, 3.05) is 13.2 Å². The lowest BCUT2D eigenvalue weighted by Crippen LogP contribution is -2.10. The van der Waals surface area contributed by atoms with Crippen LogP contribution in [0.15, 0.2) is 24.3 Å². The predicted molar refractivity (Wildman–Crippen MR) is 73.9 cm³/mol. The first kappa shape index (κ1) is 16.7. The molecule has 0 heterocycles. The van der Waals surface area contributed by atoms with Crippen LogP contribution in [0.1, 0.15) is 37.0 Å². The lowest BCUT2D eigenvalue weighted by atomic mass is 10.2. The van der Waals surface area contributed by atoms with Crippen LogP contribution in [0.25, 0.3) is 0 Å². The summed E-state index contributed by atoms with van der Waals surface area (Å²) in [6.07, 6.45) is 0.775. The number of benzene rings is 1. The molecule has 0 bridgehead atoms. The highest BCUT2D eigenvalue weighted by molar-refractivity contribution is 5.89. The molecule has 21 heavy (non-hydrogen) atoms. The van der Waals surface area contributed by atoms with Gasteiger partial charge in [0, 0.05) is 19.8 Å². The topological polar surface area (TPSA) is 78.9 Å². The summed E-state index contributed by atoms with van der Waals surface area (Å²) in [5, 5.41) is 0. The zero-order valence-electron chi connectivity index (χ0n) is 12.1. The second-order valence-electron chi connectivity index (χ2n) is 4.18. The molecule has 0 spiro atoms. The van der Waals surface area contributed by atoms with E-state index < -0.39 is 11.9 Å². The van der Waals surface area contributed by atoms with Gasteiger partial charge < -0.3 is 14.2 Å². The van der Waals surface area contributed by atoms with E-state index in [-0.39, 0.29) is 19.2 Å². The van der Waals surface area contributed by atoms with Gasteiger partial charge in [0.05, 0.1) is 18.8 Å². The molecule has 0 aromatic heterocycles. The van der Waals surface area contributed by atoms with Gasteiger partial charge in [0.1, 0.15) is 5.75 Å². The van der Waals surface area contributed by atoms with E-state index in [1.165, 1.54) is 31.2 Å². The zero-order chi connectivity index (χ0) is 15.7. The van der Waals surface area contributed by atoms with Crippen molar-refractivity contribution >= 4 is 17.9 Å². The van der Waals surface area contributed by atoms with Gasteiger partial charge in [-0.3, -0.25) is 9.59 Å². The van der Waals surface area contributed by atoms with E-state index in [1.807, 2.05) is 0 Å². The third-order valence-electron chi connectivity index (χ3n) is 2.43. The van der Waals surface area contributed by atoms with E-state index in [1.54, 1.807) is 6.92 Å². The largest absolute Gasteiger partial charge is 0.466 e. The molecule has 0 aliphatic heterocycles. The maximum Gasteiger partial charge on any atom is 0.338 e. The third kappa shape index (κ3) is 6.56. The van der Waals surface area contributed by atoms with Gasteiger partial charge in [0.2, 0.25) is 0 Å². The fourth-order valence-electron chi connectivity index (χ4n) is 1.42. The van der Waals surface area contributed by atoms with Crippen LogP contribution in [-0.4, -0.2) is 31.1 Å². The Hall–Kier alpha value is -2.37. The molecular weight excluding hydrogens is 276 g/mol. The minimum Gasteiger partial charge on any atom is -0.466 e. The summed E-state index contributed by atoms with van der Waals surface area (Å²) in [5.74, 6) is -0.814. The van der Waals surface area contributed by atoms with Gasteiger partial charge in [-0.25, -0.2) is 4.79 Å². The van der Waals surface area contributed by atoms with Crippen molar-refractivity contribution in [1.29, 1.82) is 0 Å². The molecule has 0 fully saturated rings. The van der Waals surface area contributed by atoms with Gasteiger partial charge in [0.25, 0.3) is 0 Å². The quantitative estimate of drug-likeness (QED) is 0.435. The molecule has 1 aromatic rings. The summed E-state index contributed by atoms with van der Waals surface area (Å²) in [7, 11) is 0. The molecule has 6 heteroatoms. The summed E-state index contributed by atoms with van der Waals surface area (Å²) in [6, 6.07) is 6.05. The summed E-state index contributed by atoms with van der Waals surface area (Å²) < 4.78 is 14.7. The van der Waals surface area contributed by atoms with Gasteiger partial charge in [-0.2, -0.15) is 0 Å². The van der Waals surface area contributed by atoms with Crippen LogP contribution < -0.4 is 4.74 Å². The Kier molecular flexibility index (Phi) is 6.94. The number of ether oxygens (including phenoxy) is 3. The number of hydrogen-bond acceptors (Lipinski definition) is 6. The van der Waals surface area contributed by atoms with Gasteiger partial charge >= 0.3 is 17.9 Å². The van der Waals surface area contributed by atoms with E-state index in [4.69, 9.17) is 14.2 Å². The van der Waals surface area contributed by atoms with E-state index in [0.717, 1.165) is 0 Å². The van der Waals surface area contributed by atoms with Gasteiger partial charge in [0.15, 0.2) is 0 Å².